The molecule has 38 heavy (non-hydrogen) atoms. The van der Waals surface area contributed by atoms with Gasteiger partial charge in [0, 0.05) is 51.5 Å². The van der Waals surface area contributed by atoms with E-state index in [9.17, 15) is 13.6 Å². The number of aryl methyl sites for hydroxylation is 1. The highest BCUT2D eigenvalue weighted by atomic mass is 19.3. The summed E-state index contributed by atoms with van der Waals surface area (Å²) in [6.07, 6.45) is 2.80. The van der Waals surface area contributed by atoms with E-state index in [1.807, 2.05) is 6.07 Å². The van der Waals surface area contributed by atoms with Crippen molar-refractivity contribution < 1.29 is 23.4 Å². The topological polar surface area (TPSA) is 144 Å². The molecule has 10 nitrogen and oxygen atoms in total. The summed E-state index contributed by atoms with van der Waals surface area (Å²) in [5, 5.41) is 8.36. The van der Waals surface area contributed by atoms with E-state index in [2.05, 4.69) is 28.8 Å². The number of hydrogen-bond acceptors (Lipinski definition) is 10. The molecule has 0 spiro atoms. The fourth-order valence-corrected chi connectivity index (χ4v) is 4.15. The third-order valence-corrected chi connectivity index (χ3v) is 6.41. The van der Waals surface area contributed by atoms with Crippen molar-refractivity contribution in [1.29, 1.82) is 0 Å². The van der Waals surface area contributed by atoms with Crippen molar-refractivity contribution >= 4 is 12.0 Å². The number of piperidine rings is 1. The molecule has 12 heteroatoms. The first-order valence-electron chi connectivity index (χ1n) is 12.4. The predicted octanol–water partition coefficient (Wildman–Crippen LogP) is 2.47. The summed E-state index contributed by atoms with van der Waals surface area (Å²) in [5.41, 5.74) is 10.0. The summed E-state index contributed by atoms with van der Waals surface area (Å²) in [4.78, 5) is 25.9. The number of rotatable bonds is 10. The summed E-state index contributed by atoms with van der Waals surface area (Å²) < 4.78 is 33.8. The van der Waals surface area contributed by atoms with Crippen molar-refractivity contribution in [3.05, 3.63) is 52.7 Å². The van der Waals surface area contributed by atoms with Crippen LogP contribution in [0.2, 0.25) is 0 Å². The Morgan fingerprint density at radius 1 is 1.34 bits per heavy atom. The van der Waals surface area contributed by atoms with Crippen LogP contribution in [-0.4, -0.2) is 76.0 Å². The molecule has 3 rings (SSSR count). The molecule has 0 aromatic carbocycles. The Bertz CT molecular complexity index is 1100. The molecule has 2 unspecified atom stereocenters. The Kier molecular flexibility index (Phi) is 11.5. The predicted molar refractivity (Wildman–Crippen MR) is 141 cm³/mol. The average molecular weight is 536 g/mol. The van der Waals surface area contributed by atoms with Gasteiger partial charge in [-0.1, -0.05) is 19.9 Å². The van der Waals surface area contributed by atoms with E-state index in [1.54, 1.807) is 37.2 Å². The third-order valence-electron chi connectivity index (χ3n) is 6.41. The summed E-state index contributed by atoms with van der Waals surface area (Å²) in [6.45, 7) is 6.16. The lowest BCUT2D eigenvalue weighted by molar-refractivity contribution is -0.124. The number of carbonyl (C=O) groups is 1. The number of hydrogen-bond donors (Lipinski definition) is 3. The zero-order chi connectivity index (χ0) is 28.5. The van der Waals surface area contributed by atoms with Gasteiger partial charge in [-0.3, -0.25) is 9.88 Å². The lowest BCUT2D eigenvalue weighted by Gasteiger charge is -2.35. The Hall–Kier alpha value is -3.22. The quantitative estimate of drug-likeness (QED) is 0.236. The van der Waals surface area contributed by atoms with Crippen molar-refractivity contribution in [2.75, 3.05) is 33.9 Å². The van der Waals surface area contributed by atoms with Crippen molar-refractivity contribution in [1.82, 2.24) is 24.9 Å². The van der Waals surface area contributed by atoms with Crippen molar-refractivity contribution in [3.63, 3.8) is 0 Å². The molecule has 0 amide bonds. The SMILES string of the molecule is CCC(C)c1ccnc(OC/C(=C(/N)c2ccc(CN3CC(C=O)CC(F)(F)C3)c(C)n2)N(C)N)n1.CO. The number of pyridine rings is 1. The molecule has 210 valence electrons. The van der Waals surface area contributed by atoms with Crippen LogP contribution in [0.4, 0.5) is 8.78 Å². The average Bonchev–Trinajstić information content (AvgIpc) is 2.89. The fraction of sp³-hybridized carbons (Fsp3) is 0.538. The van der Waals surface area contributed by atoms with Gasteiger partial charge >= 0.3 is 6.01 Å². The van der Waals surface area contributed by atoms with Crippen LogP contribution in [0.3, 0.4) is 0 Å². The minimum Gasteiger partial charge on any atom is -0.457 e. The number of likely N-dealkylation sites (N-methyl/N-ethyl adjacent to an activating group) is 1. The maximum absolute atomic E-state index is 14.0. The standard InChI is InChI=1S/C25H35F2N7O2.CH4O/c1-5-16(2)20-8-9-30-24(32-20)36-14-22(33(4)29)23(28)21-7-6-19(17(3)31-21)12-34-11-18(13-35)10-25(26,27)15-34;1-2/h6-9,13,16,18H,5,10-12,14-15,28-29H2,1-4H3;2H,1H3/b23-22-;. The molecule has 1 fully saturated rings. The van der Waals surface area contributed by atoms with E-state index in [4.69, 9.17) is 21.4 Å². The molecule has 1 aliphatic heterocycles. The minimum atomic E-state index is -2.89. The Balaban J connectivity index is 0.00000247. The number of ether oxygens (including phenoxy) is 1. The number of aliphatic hydroxyl groups is 1. The maximum Gasteiger partial charge on any atom is 0.316 e. The molecule has 0 bridgehead atoms. The summed E-state index contributed by atoms with van der Waals surface area (Å²) in [6, 6.07) is 5.62. The van der Waals surface area contributed by atoms with Gasteiger partial charge in [0.1, 0.15) is 12.9 Å². The molecular weight excluding hydrogens is 496 g/mol. The first-order valence-corrected chi connectivity index (χ1v) is 12.4. The van der Waals surface area contributed by atoms with Crippen LogP contribution in [0.25, 0.3) is 5.70 Å². The van der Waals surface area contributed by atoms with E-state index >= 15 is 0 Å². The second kappa shape index (κ2) is 14.1. The van der Waals surface area contributed by atoms with Crippen LogP contribution in [0, 0.1) is 12.8 Å². The summed E-state index contributed by atoms with van der Waals surface area (Å²) in [7, 11) is 2.64. The van der Waals surface area contributed by atoms with Gasteiger partial charge < -0.3 is 25.4 Å². The largest absolute Gasteiger partial charge is 0.457 e. The molecule has 5 N–H and O–H groups in total. The van der Waals surface area contributed by atoms with E-state index in [0.717, 1.165) is 24.8 Å². The number of nitrogens with two attached hydrogens (primary N) is 2. The highest BCUT2D eigenvalue weighted by Gasteiger charge is 2.40. The molecular formula is C26H39F2N7O3. The van der Waals surface area contributed by atoms with E-state index < -0.39 is 18.3 Å². The summed E-state index contributed by atoms with van der Waals surface area (Å²) >= 11 is 0. The number of carbonyl (C=O) groups excluding carboxylic acids is 1. The number of aromatic nitrogens is 3. The smallest absolute Gasteiger partial charge is 0.316 e. The van der Waals surface area contributed by atoms with Gasteiger partial charge in [0.15, 0.2) is 0 Å². The van der Waals surface area contributed by atoms with Gasteiger partial charge in [-0.05, 0) is 37.0 Å². The highest BCUT2D eigenvalue weighted by molar-refractivity contribution is 5.63. The molecule has 2 aromatic heterocycles. The van der Waals surface area contributed by atoms with E-state index in [-0.39, 0.29) is 31.6 Å². The Morgan fingerprint density at radius 3 is 2.66 bits per heavy atom. The van der Waals surface area contributed by atoms with Gasteiger partial charge in [-0.15, -0.1) is 0 Å². The molecule has 1 saturated heterocycles. The number of aliphatic hydroxyl groups excluding tert-OH is 1. The van der Waals surface area contributed by atoms with Crippen LogP contribution in [-0.2, 0) is 11.3 Å². The van der Waals surface area contributed by atoms with Crippen molar-refractivity contribution in [2.45, 2.75) is 52.0 Å². The van der Waals surface area contributed by atoms with Gasteiger partial charge in [0.05, 0.1) is 29.3 Å². The number of nitrogens with zero attached hydrogens (tertiary/aromatic N) is 5. The number of alkyl halides is 2. The number of likely N-dealkylation sites (tertiary alicyclic amines) is 1. The second-order valence-electron chi connectivity index (χ2n) is 9.40. The monoisotopic (exact) mass is 535 g/mol. The summed E-state index contributed by atoms with van der Waals surface area (Å²) in [5.74, 6) is 2.72. The normalized spacial score (nSPS) is 18.5. The maximum atomic E-state index is 14.0. The van der Waals surface area contributed by atoms with Crippen LogP contribution >= 0.6 is 0 Å². The number of hydrazine groups is 1. The number of aldehydes is 1. The first kappa shape index (κ1) is 31.0. The van der Waals surface area contributed by atoms with Gasteiger partial charge in [0.25, 0.3) is 5.92 Å². The van der Waals surface area contributed by atoms with Crippen molar-refractivity contribution in [3.8, 4) is 6.01 Å². The fourth-order valence-electron chi connectivity index (χ4n) is 4.15. The molecule has 0 aliphatic carbocycles. The molecule has 2 aromatic rings. The lowest BCUT2D eigenvalue weighted by atomic mass is 9.96. The molecule has 3 heterocycles. The lowest BCUT2D eigenvalue weighted by Crippen LogP contribution is -2.47. The minimum absolute atomic E-state index is 0.0290. The second-order valence-corrected chi connectivity index (χ2v) is 9.40. The van der Waals surface area contributed by atoms with Crippen LogP contribution in [0.5, 0.6) is 6.01 Å². The van der Waals surface area contributed by atoms with Crippen LogP contribution in [0.1, 0.15) is 55.3 Å². The van der Waals surface area contributed by atoms with Gasteiger partial charge in [-0.2, -0.15) is 4.98 Å². The molecule has 1 aliphatic rings. The zero-order valence-corrected chi connectivity index (χ0v) is 22.7. The van der Waals surface area contributed by atoms with Gasteiger partial charge in [-0.25, -0.2) is 19.6 Å². The first-order chi connectivity index (χ1) is 18.0. The Labute approximate surface area is 222 Å². The van der Waals surface area contributed by atoms with Gasteiger partial charge in [0.2, 0.25) is 0 Å². The van der Waals surface area contributed by atoms with Crippen LogP contribution in [0.15, 0.2) is 30.1 Å². The highest BCUT2D eigenvalue weighted by Crippen LogP contribution is 2.30. The molecule has 0 saturated carbocycles. The van der Waals surface area contributed by atoms with E-state index in [0.29, 0.717) is 35.6 Å². The van der Waals surface area contributed by atoms with Crippen LogP contribution < -0.4 is 16.3 Å². The molecule has 0 radical (unpaired) electrons. The zero-order valence-electron chi connectivity index (χ0n) is 22.7. The number of halogens is 2. The Morgan fingerprint density at radius 2 is 2.05 bits per heavy atom. The van der Waals surface area contributed by atoms with Crippen molar-refractivity contribution in [2.24, 2.45) is 17.5 Å². The third kappa shape index (κ3) is 8.40. The van der Waals surface area contributed by atoms with E-state index in [1.165, 1.54) is 5.01 Å². The molecule has 2 atom stereocenters.